The number of halogens is 2. The van der Waals surface area contributed by atoms with E-state index in [1.165, 1.54) is 5.56 Å². The molecule has 0 atom stereocenters. The number of hydrogen-bond acceptors (Lipinski definition) is 3. The van der Waals surface area contributed by atoms with Crippen molar-refractivity contribution in [1.82, 2.24) is 9.97 Å². The Balaban J connectivity index is 2.66. The average Bonchev–Trinajstić information content (AvgIpc) is 2.41. The number of nitrogens with one attached hydrogen (secondary N) is 1. The maximum atomic E-state index is 4.81. The number of aryl methyl sites for hydroxylation is 1. The van der Waals surface area contributed by atoms with Gasteiger partial charge in [0, 0.05) is 22.5 Å². The summed E-state index contributed by atoms with van der Waals surface area (Å²) in [7, 11) is 1.89. The van der Waals surface area contributed by atoms with Crippen LogP contribution < -0.4 is 5.32 Å². The van der Waals surface area contributed by atoms with Crippen molar-refractivity contribution in [1.29, 1.82) is 0 Å². The van der Waals surface area contributed by atoms with Gasteiger partial charge in [0.15, 0.2) is 5.82 Å². The summed E-state index contributed by atoms with van der Waals surface area (Å²) in [5.74, 6) is 1.63. The van der Waals surface area contributed by atoms with Crippen LogP contribution in [0.3, 0.4) is 0 Å². The second-order valence-corrected chi connectivity index (χ2v) is 7.96. The predicted octanol–water partition coefficient (Wildman–Crippen LogP) is 5.16. The average molecular weight is 460 g/mol. The standard InChI is InChI=1S/C16H19BrIN3/c1-9-6-7-10(8-11(9)17)14-20-13(16(2,3)4)12(18)15(19-5)21-14/h6-8H,1-5H3,(H,19,20,21). The van der Waals surface area contributed by atoms with Crippen LogP contribution in [0.25, 0.3) is 11.4 Å². The van der Waals surface area contributed by atoms with Crippen molar-refractivity contribution in [3.05, 3.63) is 37.5 Å². The molecule has 1 aromatic carbocycles. The highest BCUT2D eigenvalue weighted by Gasteiger charge is 2.23. The van der Waals surface area contributed by atoms with Crippen molar-refractivity contribution in [3.8, 4) is 11.4 Å². The topological polar surface area (TPSA) is 37.8 Å². The summed E-state index contributed by atoms with van der Waals surface area (Å²) < 4.78 is 2.16. The molecule has 2 rings (SSSR count). The Kier molecular flexibility index (Phi) is 4.92. The minimum Gasteiger partial charge on any atom is -0.372 e. The maximum absolute atomic E-state index is 4.81. The molecule has 2 aromatic rings. The first-order chi connectivity index (χ1) is 9.74. The second-order valence-electron chi connectivity index (χ2n) is 6.02. The number of rotatable bonds is 2. The fraction of sp³-hybridized carbons (Fsp3) is 0.375. The van der Waals surface area contributed by atoms with Gasteiger partial charge in [0.05, 0.1) is 9.26 Å². The largest absolute Gasteiger partial charge is 0.372 e. The zero-order chi connectivity index (χ0) is 15.8. The van der Waals surface area contributed by atoms with E-state index in [4.69, 9.17) is 4.98 Å². The van der Waals surface area contributed by atoms with E-state index in [9.17, 15) is 0 Å². The summed E-state index contributed by atoms with van der Waals surface area (Å²) in [6.07, 6.45) is 0. The normalized spacial score (nSPS) is 11.6. The van der Waals surface area contributed by atoms with E-state index in [0.717, 1.165) is 30.9 Å². The molecular weight excluding hydrogens is 441 g/mol. The molecule has 0 aliphatic carbocycles. The van der Waals surface area contributed by atoms with Crippen molar-refractivity contribution in [3.63, 3.8) is 0 Å². The van der Waals surface area contributed by atoms with E-state index < -0.39 is 0 Å². The van der Waals surface area contributed by atoms with Crippen LogP contribution in [0.5, 0.6) is 0 Å². The van der Waals surface area contributed by atoms with Crippen LogP contribution in [-0.4, -0.2) is 17.0 Å². The molecule has 1 aromatic heterocycles. The van der Waals surface area contributed by atoms with Gasteiger partial charge >= 0.3 is 0 Å². The summed E-state index contributed by atoms with van der Waals surface area (Å²) in [6.45, 7) is 8.59. The smallest absolute Gasteiger partial charge is 0.161 e. The van der Waals surface area contributed by atoms with Crippen LogP contribution in [0.15, 0.2) is 22.7 Å². The van der Waals surface area contributed by atoms with Gasteiger partial charge in [-0.25, -0.2) is 9.97 Å². The molecule has 0 saturated carbocycles. The molecule has 0 aliphatic heterocycles. The summed E-state index contributed by atoms with van der Waals surface area (Å²) in [5, 5.41) is 3.17. The Hall–Kier alpha value is -0.690. The molecule has 0 aliphatic rings. The number of benzene rings is 1. The lowest BCUT2D eigenvalue weighted by Crippen LogP contribution is -2.18. The fourth-order valence-electron chi connectivity index (χ4n) is 1.97. The van der Waals surface area contributed by atoms with Gasteiger partial charge in [0.25, 0.3) is 0 Å². The molecule has 21 heavy (non-hydrogen) atoms. The van der Waals surface area contributed by atoms with Crippen molar-refractivity contribution in [2.24, 2.45) is 0 Å². The highest BCUT2D eigenvalue weighted by atomic mass is 127. The van der Waals surface area contributed by atoms with Gasteiger partial charge < -0.3 is 5.32 Å². The summed E-state index contributed by atoms with van der Waals surface area (Å²) in [4.78, 5) is 9.47. The van der Waals surface area contributed by atoms with Gasteiger partial charge in [-0.15, -0.1) is 0 Å². The summed E-state index contributed by atoms with van der Waals surface area (Å²) in [6, 6.07) is 6.22. The first-order valence-electron chi connectivity index (χ1n) is 6.76. The Labute approximate surface area is 148 Å². The molecule has 0 radical (unpaired) electrons. The van der Waals surface area contributed by atoms with Gasteiger partial charge in [-0.2, -0.15) is 0 Å². The first-order valence-corrected chi connectivity index (χ1v) is 8.63. The minimum absolute atomic E-state index is 0.0260. The number of anilines is 1. The zero-order valence-corrected chi connectivity index (χ0v) is 16.6. The van der Waals surface area contributed by atoms with Crippen LogP contribution in [0.1, 0.15) is 32.0 Å². The van der Waals surface area contributed by atoms with Crippen molar-refractivity contribution < 1.29 is 0 Å². The van der Waals surface area contributed by atoms with Crippen LogP contribution >= 0.6 is 38.5 Å². The number of nitrogens with zero attached hydrogens (tertiary/aromatic N) is 2. The lowest BCUT2D eigenvalue weighted by atomic mass is 9.91. The van der Waals surface area contributed by atoms with Crippen molar-refractivity contribution >= 4 is 44.3 Å². The van der Waals surface area contributed by atoms with Gasteiger partial charge in [0.2, 0.25) is 0 Å². The Bertz CT molecular complexity index is 678. The minimum atomic E-state index is -0.0260. The monoisotopic (exact) mass is 459 g/mol. The molecule has 0 amide bonds. The number of hydrogen-bond donors (Lipinski definition) is 1. The molecular formula is C16H19BrIN3. The Morgan fingerprint density at radius 1 is 1.19 bits per heavy atom. The van der Waals surface area contributed by atoms with E-state index in [-0.39, 0.29) is 5.41 Å². The Morgan fingerprint density at radius 2 is 1.86 bits per heavy atom. The second kappa shape index (κ2) is 6.20. The van der Waals surface area contributed by atoms with Crippen molar-refractivity contribution in [2.75, 3.05) is 12.4 Å². The third-order valence-corrected chi connectivity index (χ3v) is 5.10. The molecule has 0 bridgehead atoms. The van der Waals surface area contributed by atoms with Gasteiger partial charge in [0.1, 0.15) is 5.82 Å². The summed E-state index contributed by atoms with van der Waals surface area (Å²) in [5.41, 5.74) is 3.26. The third kappa shape index (κ3) is 3.56. The zero-order valence-electron chi connectivity index (χ0n) is 12.9. The SMILES string of the molecule is CNc1nc(-c2ccc(C)c(Br)c2)nc(C(C)(C)C)c1I. The molecule has 112 valence electrons. The van der Waals surface area contributed by atoms with Gasteiger partial charge in [-0.05, 0) is 41.1 Å². The molecule has 3 nitrogen and oxygen atoms in total. The molecule has 0 spiro atoms. The van der Waals surface area contributed by atoms with E-state index in [1.54, 1.807) is 0 Å². The molecule has 0 fully saturated rings. The molecule has 0 saturated heterocycles. The summed E-state index contributed by atoms with van der Waals surface area (Å²) >= 11 is 5.90. The lowest BCUT2D eigenvalue weighted by Gasteiger charge is -2.21. The van der Waals surface area contributed by atoms with Crippen LogP contribution in [-0.2, 0) is 5.41 Å². The highest BCUT2D eigenvalue weighted by Crippen LogP contribution is 2.32. The van der Waals surface area contributed by atoms with E-state index in [2.05, 4.69) is 94.7 Å². The third-order valence-electron chi connectivity index (χ3n) is 3.23. The van der Waals surface area contributed by atoms with Crippen LogP contribution in [0, 0.1) is 10.5 Å². The van der Waals surface area contributed by atoms with E-state index in [0.29, 0.717) is 0 Å². The van der Waals surface area contributed by atoms with Gasteiger partial charge in [-0.3, -0.25) is 0 Å². The predicted molar refractivity (Wildman–Crippen MR) is 101 cm³/mol. The quantitative estimate of drug-likeness (QED) is 0.630. The molecule has 1 N–H and O–H groups in total. The van der Waals surface area contributed by atoms with Gasteiger partial charge in [-0.1, -0.05) is 48.8 Å². The van der Waals surface area contributed by atoms with E-state index in [1.807, 2.05) is 7.05 Å². The molecule has 1 heterocycles. The number of aromatic nitrogens is 2. The van der Waals surface area contributed by atoms with Crippen LogP contribution in [0.4, 0.5) is 5.82 Å². The fourth-order valence-corrected chi connectivity index (χ4v) is 3.67. The highest BCUT2D eigenvalue weighted by molar-refractivity contribution is 14.1. The maximum Gasteiger partial charge on any atom is 0.161 e. The lowest BCUT2D eigenvalue weighted by molar-refractivity contribution is 0.564. The molecule has 0 unspecified atom stereocenters. The van der Waals surface area contributed by atoms with Crippen LogP contribution in [0.2, 0.25) is 0 Å². The van der Waals surface area contributed by atoms with Crippen molar-refractivity contribution in [2.45, 2.75) is 33.1 Å². The Morgan fingerprint density at radius 3 is 2.38 bits per heavy atom. The van der Waals surface area contributed by atoms with E-state index >= 15 is 0 Å². The molecule has 5 heteroatoms. The first kappa shape index (κ1) is 16.7.